The first-order chi connectivity index (χ1) is 10.5. The van der Waals surface area contributed by atoms with Gasteiger partial charge in [0.05, 0.1) is 11.4 Å². The van der Waals surface area contributed by atoms with Crippen molar-refractivity contribution in [3.05, 3.63) is 63.3 Å². The highest BCUT2D eigenvalue weighted by molar-refractivity contribution is 6.30. The summed E-state index contributed by atoms with van der Waals surface area (Å²) in [6, 6.07) is 10.1. The molecule has 1 N–H and O–H groups in total. The molecule has 0 saturated carbocycles. The molecular formula is C16H13ClFN3O. The van der Waals surface area contributed by atoms with E-state index in [1.54, 1.807) is 7.05 Å². The summed E-state index contributed by atoms with van der Waals surface area (Å²) < 4.78 is 15.2. The maximum absolute atomic E-state index is 13.8. The molecule has 0 atom stereocenters. The molecule has 2 aromatic heterocycles. The number of hydrogen-bond acceptors (Lipinski definition) is 3. The zero-order chi connectivity index (χ0) is 15.9. The lowest BCUT2D eigenvalue weighted by Gasteiger charge is -2.14. The van der Waals surface area contributed by atoms with Crippen LogP contribution in [0.2, 0.25) is 5.15 Å². The number of nitrogens with one attached hydrogen (secondary N) is 1. The molecule has 0 radical (unpaired) electrons. The quantitative estimate of drug-likeness (QED) is 0.736. The number of rotatable bonds is 2. The fraction of sp³-hybridized carbons (Fsp3) is 0.125. The highest BCUT2D eigenvalue weighted by atomic mass is 35.5. The predicted molar refractivity (Wildman–Crippen MR) is 86.6 cm³/mol. The average molecular weight is 318 g/mol. The summed E-state index contributed by atoms with van der Waals surface area (Å²) in [5.74, 6) is -0.624. The summed E-state index contributed by atoms with van der Waals surface area (Å²) in [7, 11) is 1.67. The fourth-order valence-corrected chi connectivity index (χ4v) is 2.58. The Kier molecular flexibility index (Phi) is 3.58. The van der Waals surface area contributed by atoms with Crippen LogP contribution in [-0.4, -0.2) is 16.6 Å². The van der Waals surface area contributed by atoms with Crippen LogP contribution in [-0.2, 0) is 0 Å². The minimum absolute atomic E-state index is 0.262. The van der Waals surface area contributed by atoms with Crippen molar-refractivity contribution < 1.29 is 4.39 Å². The molecule has 1 aromatic carbocycles. The summed E-state index contributed by atoms with van der Waals surface area (Å²) in [6.45, 7) is 1.89. The smallest absolute Gasteiger partial charge is 0.258 e. The highest BCUT2D eigenvalue weighted by Gasteiger charge is 2.15. The van der Waals surface area contributed by atoms with E-state index in [0.717, 1.165) is 5.56 Å². The molecule has 0 fully saturated rings. The molecule has 22 heavy (non-hydrogen) atoms. The summed E-state index contributed by atoms with van der Waals surface area (Å²) in [6.07, 6.45) is 0. The molecule has 0 aliphatic heterocycles. The monoisotopic (exact) mass is 317 g/mol. The zero-order valence-electron chi connectivity index (χ0n) is 12.0. The molecule has 3 rings (SSSR count). The van der Waals surface area contributed by atoms with E-state index in [2.05, 4.69) is 10.3 Å². The third kappa shape index (κ3) is 2.23. The predicted octanol–water partition coefficient (Wildman–Crippen LogP) is 3.53. The molecule has 6 heteroatoms. The molecular weight excluding hydrogens is 305 g/mol. The highest BCUT2D eigenvalue weighted by Crippen LogP contribution is 2.26. The zero-order valence-corrected chi connectivity index (χ0v) is 12.8. The van der Waals surface area contributed by atoms with Gasteiger partial charge in [-0.2, -0.15) is 0 Å². The number of aromatic nitrogens is 2. The first kappa shape index (κ1) is 14.5. The van der Waals surface area contributed by atoms with E-state index in [1.165, 1.54) is 16.7 Å². The summed E-state index contributed by atoms with van der Waals surface area (Å²) in [5.41, 5.74) is 2.16. The molecule has 4 nitrogen and oxygen atoms in total. The molecule has 112 valence electrons. The lowest BCUT2D eigenvalue weighted by molar-refractivity contribution is 0.624. The van der Waals surface area contributed by atoms with Crippen molar-refractivity contribution in [1.82, 2.24) is 9.55 Å². The Balaban J connectivity index is 2.50. The number of nitrogens with zero attached hydrogens (tertiary/aromatic N) is 2. The minimum atomic E-state index is -0.624. The van der Waals surface area contributed by atoms with Gasteiger partial charge >= 0.3 is 0 Å². The first-order valence-electron chi connectivity index (χ1n) is 6.68. The lowest BCUT2D eigenvalue weighted by atomic mass is 10.1. The van der Waals surface area contributed by atoms with Crippen LogP contribution >= 0.6 is 11.6 Å². The third-order valence-electron chi connectivity index (χ3n) is 3.53. The van der Waals surface area contributed by atoms with E-state index in [-0.39, 0.29) is 10.7 Å². The number of para-hydroxylation sites is 1. The van der Waals surface area contributed by atoms with Gasteiger partial charge in [-0.3, -0.25) is 9.36 Å². The van der Waals surface area contributed by atoms with E-state index in [0.29, 0.717) is 22.4 Å². The number of anilines is 1. The molecule has 0 saturated heterocycles. The molecule has 0 spiro atoms. The third-order valence-corrected chi connectivity index (χ3v) is 3.79. The summed E-state index contributed by atoms with van der Waals surface area (Å²) in [5, 5.41) is 3.12. The largest absolute Gasteiger partial charge is 0.387 e. The van der Waals surface area contributed by atoms with Gasteiger partial charge in [-0.1, -0.05) is 29.8 Å². The second kappa shape index (κ2) is 5.42. The molecule has 0 bridgehead atoms. The maximum Gasteiger partial charge on any atom is 0.258 e. The number of benzene rings is 1. The van der Waals surface area contributed by atoms with Crippen molar-refractivity contribution in [2.24, 2.45) is 0 Å². The van der Waals surface area contributed by atoms with Crippen molar-refractivity contribution >= 4 is 28.3 Å². The van der Waals surface area contributed by atoms with Crippen LogP contribution in [0.5, 0.6) is 0 Å². The van der Waals surface area contributed by atoms with Gasteiger partial charge in [-0.15, -0.1) is 0 Å². The Morgan fingerprint density at radius 2 is 2.00 bits per heavy atom. The molecule has 0 aliphatic rings. The van der Waals surface area contributed by atoms with Gasteiger partial charge < -0.3 is 5.32 Å². The first-order valence-corrected chi connectivity index (χ1v) is 7.06. The van der Waals surface area contributed by atoms with Gasteiger partial charge in [0.15, 0.2) is 16.6 Å². The van der Waals surface area contributed by atoms with Crippen molar-refractivity contribution in [3.8, 4) is 5.69 Å². The van der Waals surface area contributed by atoms with Gasteiger partial charge in [0.25, 0.3) is 5.56 Å². The Morgan fingerprint density at radius 3 is 2.68 bits per heavy atom. The van der Waals surface area contributed by atoms with Crippen LogP contribution in [0, 0.1) is 12.7 Å². The van der Waals surface area contributed by atoms with Crippen LogP contribution in [0.15, 0.2) is 41.2 Å². The van der Waals surface area contributed by atoms with Gasteiger partial charge in [-0.25, -0.2) is 9.37 Å². The van der Waals surface area contributed by atoms with E-state index < -0.39 is 5.82 Å². The second-order valence-corrected chi connectivity index (χ2v) is 5.26. The maximum atomic E-state index is 13.8. The van der Waals surface area contributed by atoms with Gasteiger partial charge in [0.1, 0.15) is 0 Å². The Morgan fingerprint density at radius 1 is 1.27 bits per heavy atom. The van der Waals surface area contributed by atoms with E-state index >= 15 is 0 Å². The number of aryl methyl sites for hydroxylation is 1. The Labute approximate surface area is 131 Å². The number of halogens is 2. The topological polar surface area (TPSA) is 46.9 Å². The van der Waals surface area contributed by atoms with E-state index in [4.69, 9.17) is 11.6 Å². The van der Waals surface area contributed by atoms with Crippen LogP contribution < -0.4 is 10.9 Å². The number of hydrogen-bond donors (Lipinski definition) is 1. The van der Waals surface area contributed by atoms with Crippen molar-refractivity contribution in [2.75, 3.05) is 12.4 Å². The van der Waals surface area contributed by atoms with E-state index in [1.807, 2.05) is 31.2 Å². The standard InChI is InChI=1S/C16H13ClFN3O/c1-9-5-3-4-6-13(9)21-14(22)8-12(19-2)10-7-11(18)15(17)20-16(10)21/h3-8,19H,1-2H3. The molecule has 0 aliphatic carbocycles. The van der Waals surface area contributed by atoms with Gasteiger partial charge in [0.2, 0.25) is 0 Å². The van der Waals surface area contributed by atoms with Crippen LogP contribution in [0.25, 0.3) is 16.7 Å². The van der Waals surface area contributed by atoms with Crippen LogP contribution in [0.3, 0.4) is 0 Å². The summed E-state index contributed by atoms with van der Waals surface area (Å²) in [4.78, 5) is 16.6. The molecule has 0 amide bonds. The molecule has 2 heterocycles. The number of pyridine rings is 2. The number of fused-ring (bicyclic) bond motifs is 1. The summed E-state index contributed by atoms with van der Waals surface area (Å²) >= 11 is 5.81. The lowest BCUT2D eigenvalue weighted by Crippen LogP contribution is -2.20. The van der Waals surface area contributed by atoms with Crippen molar-refractivity contribution in [1.29, 1.82) is 0 Å². The van der Waals surface area contributed by atoms with Crippen LogP contribution in [0.4, 0.5) is 10.1 Å². The van der Waals surface area contributed by atoms with E-state index in [9.17, 15) is 9.18 Å². The van der Waals surface area contributed by atoms with Crippen molar-refractivity contribution in [3.63, 3.8) is 0 Å². The normalized spacial score (nSPS) is 10.9. The molecule has 0 unspecified atom stereocenters. The fourth-order valence-electron chi connectivity index (χ4n) is 2.45. The van der Waals surface area contributed by atoms with Crippen LogP contribution in [0.1, 0.15) is 5.56 Å². The molecule has 3 aromatic rings. The van der Waals surface area contributed by atoms with Gasteiger partial charge in [-0.05, 0) is 24.6 Å². The second-order valence-electron chi connectivity index (χ2n) is 4.90. The minimum Gasteiger partial charge on any atom is -0.387 e. The average Bonchev–Trinajstić information content (AvgIpc) is 2.50. The SMILES string of the molecule is CNc1cc(=O)n(-c2ccccc2C)c2nc(Cl)c(F)cc12. The Bertz CT molecular complexity index is 937. The van der Waals surface area contributed by atoms with Gasteiger partial charge in [0, 0.05) is 18.5 Å². The Hall–Kier alpha value is -2.40. The van der Waals surface area contributed by atoms with Crippen molar-refractivity contribution in [2.45, 2.75) is 6.92 Å².